The first kappa shape index (κ1) is 48.4. The quantitative estimate of drug-likeness (QED) is 0.252. The highest BCUT2D eigenvalue weighted by molar-refractivity contribution is 4.91. The van der Waals surface area contributed by atoms with E-state index in [-0.39, 0.29) is 0 Å². The SMILES string of the molecule is CC.CC.CC.CC1CCCCCC(C)C(C)C(C)C(C)C(C)C(C)(C)C(C)C(C)C(C)C(C)C(C)C(C)C(C)C(C)C1C. The van der Waals surface area contributed by atoms with E-state index >= 15 is 0 Å². The van der Waals surface area contributed by atoms with Crippen molar-refractivity contribution in [3.8, 4) is 0 Å². The predicted octanol–water partition coefficient (Wildman–Crippen LogP) is 15.6. The fourth-order valence-electron chi connectivity index (χ4n) is 8.70. The van der Waals surface area contributed by atoms with Crippen LogP contribution in [0.1, 0.15) is 191 Å². The molecule has 0 aromatic heterocycles. The van der Waals surface area contributed by atoms with Gasteiger partial charge in [0.15, 0.2) is 0 Å². The van der Waals surface area contributed by atoms with Crippen LogP contribution < -0.4 is 0 Å². The number of hydrogen-bond acceptors (Lipinski definition) is 0. The summed E-state index contributed by atoms with van der Waals surface area (Å²) in [5.41, 5.74) is 0.338. The minimum atomic E-state index is 0.338. The summed E-state index contributed by atoms with van der Waals surface area (Å²) < 4.78 is 0. The standard InChI is InChI=1S/C38H76.3C2H6/c1-23-21-19-18-20-22-24(2)26(4)28(6)34(12)36(14)38(16,17)37(15)35(13)33(11)32(10)31(9)30(8)29(7)27(5)25(23)3;3*1-2/h23-37H,18-22H2,1-17H3;3*1-2H3. The van der Waals surface area contributed by atoms with Crippen LogP contribution in [0.5, 0.6) is 0 Å². The van der Waals surface area contributed by atoms with Gasteiger partial charge < -0.3 is 0 Å². The molecule has 15 unspecified atom stereocenters. The van der Waals surface area contributed by atoms with Crippen molar-refractivity contribution in [1.29, 1.82) is 0 Å². The van der Waals surface area contributed by atoms with Gasteiger partial charge in [-0.2, -0.15) is 0 Å². The van der Waals surface area contributed by atoms with E-state index in [1.807, 2.05) is 41.5 Å². The Hall–Kier alpha value is 0. The summed E-state index contributed by atoms with van der Waals surface area (Å²) in [6.07, 6.45) is 7.07. The van der Waals surface area contributed by atoms with Crippen LogP contribution in [-0.2, 0) is 0 Å². The van der Waals surface area contributed by atoms with Gasteiger partial charge in [-0.15, -0.1) is 0 Å². The Kier molecular flexibility index (Phi) is 26.6. The van der Waals surface area contributed by atoms with Crippen molar-refractivity contribution in [2.45, 2.75) is 191 Å². The first-order valence-electron chi connectivity index (χ1n) is 20.4. The molecule has 1 fully saturated rings. The van der Waals surface area contributed by atoms with Crippen LogP contribution in [0.4, 0.5) is 0 Å². The Morgan fingerprint density at radius 1 is 0.295 bits per heavy atom. The average molecular weight is 623 g/mol. The van der Waals surface area contributed by atoms with Crippen LogP contribution in [0.15, 0.2) is 0 Å². The summed E-state index contributed by atoms with van der Waals surface area (Å²) in [5.74, 6) is 11.6. The van der Waals surface area contributed by atoms with Crippen molar-refractivity contribution in [3.63, 3.8) is 0 Å². The van der Waals surface area contributed by atoms with E-state index in [4.69, 9.17) is 0 Å². The zero-order valence-corrected chi connectivity index (χ0v) is 35.7. The molecule has 0 aromatic rings. The molecule has 1 aliphatic carbocycles. The lowest BCUT2D eigenvalue weighted by atomic mass is 9.57. The van der Waals surface area contributed by atoms with Crippen LogP contribution in [0.3, 0.4) is 0 Å². The van der Waals surface area contributed by atoms with Crippen molar-refractivity contribution in [1.82, 2.24) is 0 Å². The number of hydrogen-bond donors (Lipinski definition) is 0. The van der Waals surface area contributed by atoms with Gasteiger partial charge in [0.1, 0.15) is 0 Å². The molecule has 270 valence electrons. The van der Waals surface area contributed by atoms with E-state index in [1.54, 1.807) is 0 Å². The van der Waals surface area contributed by atoms with Gasteiger partial charge in [-0.25, -0.2) is 0 Å². The molecule has 0 heterocycles. The van der Waals surface area contributed by atoms with Gasteiger partial charge >= 0.3 is 0 Å². The first-order chi connectivity index (χ1) is 20.4. The summed E-state index contributed by atoms with van der Waals surface area (Å²) >= 11 is 0. The van der Waals surface area contributed by atoms with Crippen molar-refractivity contribution in [2.75, 3.05) is 0 Å². The maximum absolute atomic E-state index is 2.60. The average Bonchev–Trinajstić information content (AvgIpc) is 3.05. The van der Waals surface area contributed by atoms with Crippen LogP contribution in [0, 0.1) is 94.2 Å². The summed E-state index contributed by atoms with van der Waals surface area (Å²) in [5, 5.41) is 0. The Morgan fingerprint density at radius 2 is 0.500 bits per heavy atom. The summed E-state index contributed by atoms with van der Waals surface area (Å²) in [6.45, 7) is 55.8. The highest BCUT2D eigenvalue weighted by atomic mass is 14.5. The van der Waals surface area contributed by atoms with E-state index in [0.29, 0.717) is 11.3 Å². The largest absolute Gasteiger partial charge is 0.0683 e. The molecule has 0 amide bonds. The molecule has 1 saturated carbocycles. The van der Waals surface area contributed by atoms with Crippen molar-refractivity contribution in [2.24, 2.45) is 94.2 Å². The molecule has 1 rings (SSSR count). The van der Waals surface area contributed by atoms with Crippen molar-refractivity contribution >= 4 is 0 Å². The van der Waals surface area contributed by atoms with Gasteiger partial charge in [-0.3, -0.25) is 0 Å². The van der Waals surface area contributed by atoms with E-state index in [9.17, 15) is 0 Å². The number of rotatable bonds is 0. The second kappa shape index (κ2) is 24.2. The van der Waals surface area contributed by atoms with Crippen LogP contribution >= 0.6 is 0 Å². The Labute approximate surface area is 284 Å². The second-order valence-electron chi connectivity index (χ2n) is 16.4. The van der Waals surface area contributed by atoms with Crippen LogP contribution in [0.2, 0.25) is 0 Å². The lowest BCUT2D eigenvalue weighted by Crippen LogP contribution is -2.42. The van der Waals surface area contributed by atoms with E-state index in [1.165, 1.54) is 32.1 Å². The van der Waals surface area contributed by atoms with Crippen molar-refractivity contribution < 1.29 is 0 Å². The van der Waals surface area contributed by atoms with Gasteiger partial charge in [0.25, 0.3) is 0 Å². The maximum Gasteiger partial charge on any atom is -0.0298 e. The zero-order valence-electron chi connectivity index (χ0n) is 35.7. The predicted molar refractivity (Wildman–Crippen MR) is 208 cm³/mol. The smallest absolute Gasteiger partial charge is 0.0298 e. The Bertz CT molecular complexity index is 646. The van der Waals surface area contributed by atoms with E-state index in [0.717, 1.165) is 82.9 Å². The third-order valence-electron chi connectivity index (χ3n) is 15.0. The first-order valence-corrected chi connectivity index (χ1v) is 20.4. The molecule has 0 saturated heterocycles. The monoisotopic (exact) mass is 623 g/mol. The maximum atomic E-state index is 2.60. The second-order valence-corrected chi connectivity index (χ2v) is 16.4. The lowest BCUT2D eigenvalue weighted by molar-refractivity contribution is 0.00219. The molecule has 0 aliphatic heterocycles. The van der Waals surface area contributed by atoms with Crippen LogP contribution in [-0.4, -0.2) is 0 Å². The van der Waals surface area contributed by atoms with E-state index < -0.39 is 0 Å². The van der Waals surface area contributed by atoms with Crippen molar-refractivity contribution in [3.05, 3.63) is 0 Å². The third-order valence-corrected chi connectivity index (χ3v) is 15.0. The topological polar surface area (TPSA) is 0 Å². The van der Waals surface area contributed by atoms with Crippen LogP contribution in [0.25, 0.3) is 0 Å². The molecule has 15 atom stereocenters. The fraction of sp³-hybridized carbons (Fsp3) is 1.00. The van der Waals surface area contributed by atoms with Gasteiger partial charge in [0.2, 0.25) is 0 Å². The minimum Gasteiger partial charge on any atom is -0.0683 e. The Morgan fingerprint density at radius 3 is 0.773 bits per heavy atom. The highest BCUT2D eigenvalue weighted by Gasteiger charge is 2.42. The zero-order chi connectivity index (χ0) is 35.7. The van der Waals surface area contributed by atoms with E-state index in [2.05, 4.69) is 118 Å². The summed E-state index contributed by atoms with van der Waals surface area (Å²) in [4.78, 5) is 0. The normalized spacial score (nSPS) is 43.3. The molecule has 44 heavy (non-hydrogen) atoms. The lowest BCUT2D eigenvalue weighted by Gasteiger charge is -2.48. The molecule has 0 spiro atoms. The molecule has 0 heteroatoms. The molecule has 0 radical (unpaired) electrons. The molecular weight excluding hydrogens is 528 g/mol. The molecule has 0 aromatic carbocycles. The molecule has 1 aliphatic rings. The van der Waals surface area contributed by atoms with Gasteiger partial charge in [-0.05, 0) is 94.2 Å². The Balaban J connectivity index is -0.00000263. The highest BCUT2D eigenvalue weighted by Crippen LogP contribution is 2.49. The van der Waals surface area contributed by atoms with Gasteiger partial charge in [0, 0.05) is 0 Å². The molecule has 0 N–H and O–H groups in total. The minimum absolute atomic E-state index is 0.338. The fourth-order valence-corrected chi connectivity index (χ4v) is 8.70. The molecular formula is C44H94. The molecule has 0 bridgehead atoms. The summed E-state index contributed by atoms with van der Waals surface area (Å²) in [6, 6.07) is 0. The summed E-state index contributed by atoms with van der Waals surface area (Å²) in [7, 11) is 0. The third kappa shape index (κ3) is 13.6. The van der Waals surface area contributed by atoms with Gasteiger partial charge in [-0.1, -0.05) is 191 Å². The molecule has 0 nitrogen and oxygen atoms in total. The van der Waals surface area contributed by atoms with Gasteiger partial charge in [0.05, 0.1) is 0 Å².